The zero-order valence-electron chi connectivity index (χ0n) is 19.7. The van der Waals surface area contributed by atoms with Gasteiger partial charge in [-0.3, -0.25) is 0 Å². The van der Waals surface area contributed by atoms with Crippen LogP contribution in [0.25, 0.3) is 28.2 Å². The van der Waals surface area contributed by atoms with Crippen molar-refractivity contribution in [2.45, 2.75) is 6.92 Å². The number of likely N-dealkylation sites (tertiary alicyclic amines) is 1. The Morgan fingerprint density at radius 1 is 0.971 bits per heavy atom. The van der Waals surface area contributed by atoms with E-state index in [4.69, 9.17) is 10.1 Å². The van der Waals surface area contributed by atoms with Gasteiger partial charge in [0.2, 0.25) is 0 Å². The molecule has 0 saturated carbocycles. The van der Waals surface area contributed by atoms with Gasteiger partial charge < -0.3 is 15.1 Å². The van der Waals surface area contributed by atoms with E-state index >= 15 is 0 Å². The molecule has 0 spiro atoms. The van der Waals surface area contributed by atoms with E-state index < -0.39 is 0 Å². The van der Waals surface area contributed by atoms with Crippen LogP contribution in [0.3, 0.4) is 0 Å². The third kappa shape index (κ3) is 3.49. The second-order valence-electron chi connectivity index (χ2n) is 9.56. The normalized spacial score (nSPS) is 20.3. The molecule has 7 nitrogen and oxygen atoms in total. The summed E-state index contributed by atoms with van der Waals surface area (Å²) in [5.41, 5.74) is 5.35. The highest BCUT2D eigenvalue weighted by Gasteiger charge is 2.39. The van der Waals surface area contributed by atoms with Gasteiger partial charge in [0.15, 0.2) is 11.5 Å². The number of benzene rings is 1. The number of rotatable bonds is 4. The summed E-state index contributed by atoms with van der Waals surface area (Å²) >= 11 is 0. The van der Waals surface area contributed by atoms with Crippen molar-refractivity contribution >= 4 is 17.3 Å². The highest BCUT2D eigenvalue weighted by atomic mass is 19.1. The van der Waals surface area contributed by atoms with Crippen molar-refractivity contribution in [3.63, 3.8) is 0 Å². The van der Waals surface area contributed by atoms with Gasteiger partial charge in [0.1, 0.15) is 17.3 Å². The molecule has 34 heavy (non-hydrogen) atoms. The Kier molecular flexibility index (Phi) is 4.99. The highest BCUT2D eigenvalue weighted by Crippen LogP contribution is 2.37. The first-order valence-electron chi connectivity index (χ1n) is 11.7. The number of hydrogen-bond acceptors (Lipinski definition) is 6. The lowest BCUT2D eigenvalue weighted by Gasteiger charge is -2.22. The molecule has 4 aromatic rings. The van der Waals surface area contributed by atoms with Gasteiger partial charge in [-0.05, 0) is 73.8 Å². The number of pyridine rings is 1. The number of nitrogens with one attached hydrogen (secondary N) is 1. The number of halogens is 1. The maximum absolute atomic E-state index is 13.7. The molecular weight excluding hydrogens is 429 g/mol. The summed E-state index contributed by atoms with van der Waals surface area (Å²) < 4.78 is 15.6. The predicted octanol–water partition coefficient (Wildman–Crippen LogP) is 3.95. The molecule has 1 aromatic carbocycles. The maximum atomic E-state index is 13.7. The SMILES string of the molecule is CNc1cc(-c2c(-c3ccc(F)cc3)nc3cc(C)c(N4CC5CN(C)CC5C4)nn23)ccn1. The fourth-order valence-corrected chi connectivity index (χ4v) is 5.55. The molecule has 0 amide bonds. The van der Waals surface area contributed by atoms with Gasteiger partial charge in [-0.1, -0.05) is 0 Å². The molecule has 2 aliphatic rings. The van der Waals surface area contributed by atoms with Crippen molar-refractivity contribution < 1.29 is 4.39 Å². The summed E-state index contributed by atoms with van der Waals surface area (Å²) in [6, 6.07) is 12.6. The monoisotopic (exact) mass is 457 g/mol. The van der Waals surface area contributed by atoms with Gasteiger partial charge in [-0.15, -0.1) is 5.10 Å². The van der Waals surface area contributed by atoms with Gasteiger partial charge in [0.25, 0.3) is 0 Å². The Morgan fingerprint density at radius 2 is 1.71 bits per heavy atom. The number of aromatic nitrogens is 4. The second-order valence-corrected chi connectivity index (χ2v) is 9.56. The van der Waals surface area contributed by atoms with Gasteiger partial charge in [-0.2, -0.15) is 0 Å². The number of fused-ring (bicyclic) bond motifs is 2. The third-order valence-electron chi connectivity index (χ3n) is 7.15. The largest absolute Gasteiger partial charge is 0.373 e. The first-order valence-corrected chi connectivity index (χ1v) is 11.7. The van der Waals surface area contributed by atoms with Crippen LogP contribution in [0.2, 0.25) is 0 Å². The number of hydrogen-bond donors (Lipinski definition) is 1. The molecule has 2 fully saturated rings. The molecule has 2 saturated heterocycles. The zero-order valence-corrected chi connectivity index (χ0v) is 19.7. The average Bonchev–Trinajstić information content (AvgIpc) is 3.49. The molecule has 1 N–H and O–H groups in total. The molecule has 0 aliphatic carbocycles. The van der Waals surface area contributed by atoms with Crippen molar-refractivity contribution in [1.82, 2.24) is 24.5 Å². The van der Waals surface area contributed by atoms with Gasteiger partial charge >= 0.3 is 0 Å². The summed E-state index contributed by atoms with van der Waals surface area (Å²) in [6.45, 7) is 6.47. The predicted molar refractivity (Wildman–Crippen MR) is 133 cm³/mol. The molecule has 0 radical (unpaired) electrons. The van der Waals surface area contributed by atoms with E-state index in [0.717, 1.165) is 71.5 Å². The minimum absolute atomic E-state index is 0.267. The van der Waals surface area contributed by atoms with Crippen LogP contribution in [0.4, 0.5) is 16.0 Å². The Morgan fingerprint density at radius 3 is 2.41 bits per heavy atom. The van der Waals surface area contributed by atoms with E-state index in [1.165, 1.54) is 12.1 Å². The van der Waals surface area contributed by atoms with Crippen LogP contribution in [-0.2, 0) is 0 Å². The van der Waals surface area contributed by atoms with Crippen LogP contribution < -0.4 is 10.2 Å². The van der Waals surface area contributed by atoms with Crippen LogP contribution in [0.5, 0.6) is 0 Å². The van der Waals surface area contributed by atoms with E-state index in [-0.39, 0.29) is 5.82 Å². The topological polar surface area (TPSA) is 61.6 Å². The Bertz CT molecular complexity index is 1350. The van der Waals surface area contributed by atoms with Crippen LogP contribution in [-0.4, -0.2) is 64.8 Å². The van der Waals surface area contributed by atoms with Crippen molar-refractivity contribution in [2.75, 3.05) is 50.5 Å². The first-order chi connectivity index (χ1) is 16.5. The van der Waals surface area contributed by atoms with Gasteiger partial charge in [0, 0.05) is 50.6 Å². The van der Waals surface area contributed by atoms with Crippen molar-refractivity contribution in [1.29, 1.82) is 0 Å². The molecule has 3 aromatic heterocycles. The standard InChI is InChI=1S/C26H28FN7/c1-16-10-23-30-24(17-4-6-21(27)7-5-17)25(18-8-9-29-22(11-18)28-2)34(23)31-26(16)33-14-19-12-32(3)13-20(19)15-33/h4-11,19-20H,12-15H2,1-3H3,(H,28,29). The number of aryl methyl sites for hydroxylation is 1. The molecule has 174 valence electrons. The van der Waals surface area contributed by atoms with E-state index in [1.54, 1.807) is 18.3 Å². The van der Waals surface area contributed by atoms with E-state index in [9.17, 15) is 4.39 Å². The maximum Gasteiger partial charge on any atom is 0.155 e. The molecule has 2 aliphatic heterocycles. The second kappa shape index (κ2) is 8.06. The van der Waals surface area contributed by atoms with Crippen molar-refractivity contribution in [2.24, 2.45) is 11.8 Å². The fraction of sp³-hybridized carbons (Fsp3) is 0.346. The van der Waals surface area contributed by atoms with Crippen LogP contribution in [0.1, 0.15) is 5.56 Å². The molecule has 5 heterocycles. The lowest BCUT2D eigenvalue weighted by molar-refractivity contribution is 0.386. The quantitative estimate of drug-likeness (QED) is 0.501. The highest BCUT2D eigenvalue weighted by molar-refractivity contribution is 5.82. The van der Waals surface area contributed by atoms with Gasteiger partial charge in [0.05, 0.1) is 5.69 Å². The Balaban J connectivity index is 1.52. The molecule has 0 bridgehead atoms. The summed E-state index contributed by atoms with van der Waals surface area (Å²) in [5, 5.41) is 8.26. The van der Waals surface area contributed by atoms with E-state index in [0.29, 0.717) is 11.8 Å². The Hall–Kier alpha value is -3.52. The van der Waals surface area contributed by atoms with Crippen molar-refractivity contribution in [3.8, 4) is 22.5 Å². The first kappa shape index (κ1) is 21.0. The van der Waals surface area contributed by atoms with E-state index in [1.807, 2.05) is 23.7 Å². The molecule has 2 atom stereocenters. The Labute approximate surface area is 198 Å². The fourth-order valence-electron chi connectivity index (χ4n) is 5.55. The minimum atomic E-state index is -0.267. The lowest BCUT2D eigenvalue weighted by atomic mass is 10.0. The summed E-state index contributed by atoms with van der Waals surface area (Å²) in [7, 11) is 4.06. The van der Waals surface area contributed by atoms with Gasteiger partial charge in [-0.25, -0.2) is 18.9 Å². The average molecular weight is 458 g/mol. The summed E-state index contributed by atoms with van der Waals surface area (Å²) in [4.78, 5) is 14.2. The minimum Gasteiger partial charge on any atom is -0.373 e. The molecule has 8 heteroatoms. The third-order valence-corrected chi connectivity index (χ3v) is 7.15. The summed E-state index contributed by atoms with van der Waals surface area (Å²) in [5.74, 6) is 2.89. The van der Waals surface area contributed by atoms with Crippen LogP contribution >= 0.6 is 0 Å². The number of imidazole rings is 1. The number of anilines is 2. The molecular formula is C26H28FN7. The van der Waals surface area contributed by atoms with Crippen LogP contribution in [0.15, 0.2) is 48.7 Å². The van der Waals surface area contributed by atoms with E-state index in [2.05, 4.69) is 40.1 Å². The molecule has 2 unspecified atom stereocenters. The zero-order chi connectivity index (χ0) is 23.4. The lowest BCUT2D eigenvalue weighted by Crippen LogP contribution is -2.28. The molecule has 6 rings (SSSR count). The summed E-state index contributed by atoms with van der Waals surface area (Å²) in [6.07, 6.45) is 1.78. The van der Waals surface area contributed by atoms with Crippen LogP contribution in [0, 0.1) is 24.6 Å². The van der Waals surface area contributed by atoms with Crippen molar-refractivity contribution in [3.05, 3.63) is 60.0 Å². The smallest absolute Gasteiger partial charge is 0.155 e. The number of nitrogens with zero attached hydrogens (tertiary/aromatic N) is 6.